The van der Waals surface area contributed by atoms with Gasteiger partial charge in [-0.05, 0) is 36.4 Å². The molecule has 4 nitrogen and oxygen atoms in total. The van der Waals surface area contributed by atoms with Crippen LogP contribution in [-0.4, -0.2) is 25.6 Å². The molecule has 1 aliphatic heterocycles. The Kier molecular flexibility index (Phi) is 6.73. The Labute approximate surface area is 161 Å². The molecule has 0 aromatic heterocycles. The minimum Gasteiger partial charge on any atom is -0.872 e. The molecule has 0 N–H and O–H groups in total. The van der Waals surface area contributed by atoms with Crippen molar-refractivity contribution >= 4 is 5.69 Å². The Morgan fingerprint density at radius 1 is 0.885 bits per heavy atom. The Bertz CT molecular complexity index is 684. The molecule has 0 bridgehead atoms. The summed E-state index contributed by atoms with van der Waals surface area (Å²) >= 11 is 0. The first kappa shape index (κ1) is 20.3. The van der Waals surface area contributed by atoms with Gasteiger partial charge in [0.2, 0.25) is 0 Å². The van der Waals surface area contributed by atoms with Gasteiger partial charge >= 0.3 is 25.2 Å². The molecular formula is C18H17F3LiNO3. The molecule has 2 aromatic rings. The molecule has 1 fully saturated rings. The predicted octanol–water partition coefficient (Wildman–Crippen LogP) is 0.711. The van der Waals surface area contributed by atoms with Crippen LogP contribution in [0.1, 0.15) is 12.8 Å². The number of ether oxygens (including phenoxy) is 2. The molecule has 8 heteroatoms. The van der Waals surface area contributed by atoms with Gasteiger partial charge in [0.1, 0.15) is 17.6 Å². The normalized spacial score (nSPS) is 15.3. The minimum atomic E-state index is -4.69. The van der Waals surface area contributed by atoms with Gasteiger partial charge < -0.3 is 19.5 Å². The van der Waals surface area contributed by atoms with Gasteiger partial charge in [0.25, 0.3) is 0 Å². The van der Waals surface area contributed by atoms with Gasteiger partial charge in [-0.2, -0.15) is 0 Å². The Balaban J connectivity index is 0.00000243. The summed E-state index contributed by atoms with van der Waals surface area (Å²) in [6.45, 7) is 1.58. The molecule has 1 saturated heterocycles. The van der Waals surface area contributed by atoms with Crippen molar-refractivity contribution in [1.82, 2.24) is 0 Å². The average molecular weight is 359 g/mol. The number of halogens is 3. The molecule has 0 atom stereocenters. The molecule has 3 rings (SSSR count). The molecule has 134 valence electrons. The summed E-state index contributed by atoms with van der Waals surface area (Å²) in [5.74, 6) is 0.236. The van der Waals surface area contributed by atoms with Gasteiger partial charge in [-0.3, -0.25) is 0 Å². The largest absolute Gasteiger partial charge is 1.00 e. The fourth-order valence-corrected chi connectivity index (χ4v) is 2.80. The van der Waals surface area contributed by atoms with Crippen molar-refractivity contribution in [3.63, 3.8) is 0 Å². The first-order valence-electron chi connectivity index (χ1n) is 7.93. The van der Waals surface area contributed by atoms with Crippen LogP contribution in [0.5, 0.6) is 17.2 Å². The molecule has 0 spiro atoms. The third-order valence-electron chi connectivity index (χ3n) is 4.00. The first-order chi connectivity index (χ1) is 11.9. The van der Waals surface area contributed by atoms with Gasteiger partial charge in [0.15, 0.2) is 0 Å². The number of piperidine rings is 1. The average Bonchev–Trinajstić information content (AvgIpc) is 2.57. The van der Waals surface area contributed by atoms with Crippen LogP contribution >= 0.6 is 0 Å². The quantitative estimate of drug-likeness (QED) is 0.755. The van der Waals surface area contributed by atoms with Gasteiger partial charge in [-0.15, -0.1) is 18.9 Å². The molecule has 26 heavy (non-hydrogen) atoms. The van der Waals surface area contributed by atoms with Crippen molar-refractivity contribution in [2.45, 2.75) is 25.3 Å². The van der Waals surface area contributed by atoms with Gasteiger partial charge in [-0.1, -0.05) is 12.1 Å². The molecule has 0 amide bonds. The molecule has 1 aliphatic rings. The SMILES string of the molecule is [Li+].[O-]c1ccc(N2CCC(Oc3ccc(OC(F)(F)F)cc3)CC2)cc1. The molecule has 0 radical (unpaired) electrons. The maximum Gasteiger partial charge on any atom is 1.00 e. The maximum atomic E-state index is 12.1. The summed E-state index contributed by atoms with van der Waals surface area (Å²) in [5, 5.41) is 11.2. The second kappa shape index (κ2) is 8.61. The van der Waals surface area contributed by atoms with Gasteiger partial charge in [-0.25, -0.2) is 0 Å². The number of nitrogens with zero attached hydrogens (tertiary/aromatic N) is 1. The summed E-state index contributed by atoms with van der Waals surface area (Å²) in [6.07, 6.45) is -3.11. The van der Waals surface area contributed by atoms with E-state index in [0.717, 1.165) is 31.6 Å². The summed E-state index contributed by atoms with van der Waals surface area (Å²) in [7, 11) is 0. The van der Waals surface area contributed by atoms with Crippen LogP contribution in [0.2, 0.25) is 0 Å². The topological polar surface area (TPSA) is 44.8 Å². The van der Waals surface area contributed by atoms with E-state index in [9.17, 15) is 18.3 Å². The number of alkyl halides is 3. The first-order valence-corrected chi connectivity index (χ1v) is 7.93. The fraction of sp³-hybridized carbons (Fsp3) is 0.333. The van der Waals surface area contributed by atoms with Crippen molar-refractivity contribution < 1.29 is 46.6 Å². The predicted molar refractivity (Wildman–Crippen MR) is 84.9 cm³/mol. The zero-order valence-electron chi connectivity index (χ0n) is 14.3. The van der Waals surface area contributed by atoms with E-state index >= 15 is 0 Å². The zero-order valence-corrected chi connectivity index (χ0v) is 14.3. The van der Waals surface area contributed by atoms with Crippen LogP contribution in [-0.2, 0) is 0 Å². The molecule has 0 aliphatic carbocycles. The van der Waals surface area contributed by atoms with Crippen LogP contribution in [0, 0.1) is 0 Å². The second-order valence-corrected chi connectivity index (χ2v) is 5.82. The van der Waals surface area contributed by atoms with Crippen LogP contribution < -0.4 is 38.3 Å². The van der Waals surface area contributed by atoms with Crippen molar-refractivity contribution in [2.24, 2.45) is 0 Å². The summed E-state index contributed by atoms with van der Waals surface area (Å²) in [6, 6.07) is 12.1. The number of anilines is 1. The number of hydrogen-bond acceptors (Lipinski definition) is 4. The van der Waals surface area contributed by atoms with Gasteiger partial charge in [0.05, 0.1) is 0 Å². The standard InChI is InChI=1S/C18H18F3NO3.Li/c19-18(20,21)25-17-7-5-15(6-8-17)24-16-9-11-22(12-10-16)13-1-3-14(23)4-2-13;/h1-8,16,23H,9-12H2;/q;+1/p-1. The van der Waals surface area contributed by atoms with E-state index in [4.69, 9.17) is 4.74 Å². The monoisotopic (exact) mass is 359 g/mol. The molecule has 2 aromatic carbocycles. The Morgan fingerprint density at radius 2 is 1.42 bits per heavy atom. The van der Waals surface area contributed by atoms with E-state index in [1.807, 2.05) is 12.1 Å². The molecule has 0 saturated carbocycles. The summed E-state index contributed by atoms with van der Waals surface area (Å²) in [5.41, 5.74) is 1.01. The van der Waals surface area contributed by atoms with E-state index in [0.29, 0.717) is 5.75 Å². The second-order valence-electron chi connectivity index (χ2n) is 5.82. The summed E-state index contributed by atoms with van der Waals surface area (Å²) in [4.78, 5) is 2.18. The van der Waals surface area contributed by atoms with Crippen molar-refractivity contribution in [2.75, 3.05) is 18.0 Å². The van der Waals surface area contributed by atoms with E-state index in [1.165, 1.54) is 24.3 Å². The minimum absolute atomic E-state index is 0. The van der Waals surface area contributed by atoms with Gasteiger partial charge in [0, 0.05) is 31.6 Å². The smallest absolute Gasteiger partial charge is 0.872 e. The fourth-order valence-electron chi connectivity index (χ4n) is 2.80. The number of rotatable bonds is 4. The molecule has 1 heterocycles. The van der Waals surface area contributed by atoms with E-state index in [-0.39, 0.29) is 36.5 Å². The molecule has 0 unspecified atom stereocenters. The van der Waals surface area contributed by atoms with E-state index < -0.39 is 6.36 Å². The molecular weight excluding hydrogens is 342 g/mol. The van der Waals surface area contributed by atoms with Crippen molar-refractivity contribution in [3.8, 4) is 17.2 Å². The van der Waals surface area contributed by atoms with Crippen LogP contribution in [0.15, 0.2) is 48.5 Å². The summed E-state index contributed by atoms with van der Waals surface area (Å²) < 4.78 is 46.1. The Morgan fingerprint density at radius 3 is 1.96 bits per heavy atom. The van der Waals surface area contributed by atoms with E-state index in [1.54, 1.807) is 12.1 Å². The maximum absolute atomic E-state index is 12.1. The zero-order chi connectivity index (χ0) is 17.9. The number of benzene rings is 2. The van der Waals surface area contributed by atoms with Crippen molar-refractivity contribution in [1.29, 1.82) is 0 Å². The van der Waals surface area contributed by atoms with Crippen LogP contribution in [0.4, 0.5) is 18.9 Å². The Hall–Kier alpha value is -1.97. The van der Waals surface area contributed by atoms with E-state index in [2.05, 4.69) is 9.64 Å². The van der Waals surface area contributed by atoms with Crippen molar-refractivity contribution in [3.05, 3.63) is 48.5 Å². The number of hydrogen-bond donors (Lipinski definition) is 0. The third kappa shape index (κ3) is 5.79. The third-order valence-corrected chi connectivity index (χ3v) is 4.00. The van der Waals surface area contributed by atoms with Crippen LogP contribution in [0.25, 0.3) is 0 Å². The van der Waals surface area contributed by atoms with Crippen LogP contribution in [0.3, 0.4) is 0 Å².